The van der Waals surface area contributed by atoms with Crippen molar-refractivity contribution in [2.45, 2.75) is 57.8 Å². The molecule has 0 aromatic heterocycles. The SMILES string of the molecule is C=CC(O)C1(NC(=O)OC(C)(C)C)Cc2cccc(C)c2C1. The van der Waals surface area contributed by atoms with Gasteiger partial charge in [-0.3, -0.25) is 0 Å². The molecule has 1 aromatic rings. The highest BCUT2D eigenvalue weighted by Crippen LogP contribution is 2.35. The standard InChI is InChI=1S/C18H25NO3/c1-6-15(20)18(19-16(21)22-17(3,4)5)10-13-9-7-8-12(2)14(13)11-18/h6-9,15,20H,1,10-11H2,2-5H3,(H,19,21). The van der Waals surface area contributed by atoms with Gasteiger partial charge in [-0.2, -0.15) is 0 Å². The zero-order chi connectivity index (χ0) is 16.5. The monoisotopic (exact) mass is 303 g/mol. The van der Waals surface area contributed by atoms with Crippen LogP contribution >= 0.6 is 0 Å². The van der Waals surface area contributed by atoms with Gasteiger partial charge in [0, 0.05) is 0 Å². The maximum Gasteiger partial charge on any atom is 0.408 e. The lowest BCUT2D eigenvalue weighted by Crippen LogP contribution is -2.57. The molecule has 2 rings (SSSR count). The Morgan fingerprint density at radius 2 is 2.14 bits per heavy atom. The summed E-state index contributed by atoms with van der Waals surface area (Å²) in [5.74, 6) is 0. The van der Waals surface area contributed by atoms with Crippen LogP contribution in [0.2, 0.25) is 0 Å². The topological polar surface area (TPSA) is 58.6 Å². The van der Waals surface area contributed by atoms with Gasteiger partial charge in [-0.25, -0.2) is 4.79 Å². The van der Waals surface area contributed by atoms with Crippen LogP contribution in [0.3, 0.4) is 0 Å². The Labute approximate surface area is 132 Å². The first-order valence-corrected chi connectivity index (χ1v) is 7.56. The van der Waals surface area contributed by atoms with Gasteiger partial charge in [-0.05, 0) is 57.2 Å². The Bertz CT molecular complexity index is 588. The summed E-state index contributed by atoms with van der Waals surface area (Å²) in [6.07, 6.45) is 1.25. The number of alkyl carbamates (subject to hydrolysis) is 1. The van der Waals surface area contributed by atoms with Crippen molar-refractivity contribution in [1.82, 2.24) is 5.32 Å². The molecule has 22 heavy (non-hydrogen) atoms. The zero-order valence-electron chi connectivity index (χ0n) is 13.8. The van der Waals surface area contributed by atoms with Crippen molar-refractivity contribution >= 4 is 6.09 Å². The van der Waals surface area contributed by atoms with Gasteiger partial charge in [-0.15, -0.1) is 6.58 Å². The Hall–Kier alpha value is -1.81. The summed E-state index contributed by atoms with van der Waals surface area (Å²) in [5, 5.41) is 13.3. The van der Waals surface area contributed by atoms with E-state index in [0.29, 0.717) is 12.8 Å². The number of aliphatic hydroxyl groups excluding tert-OH is 1. The lowest BCUT2D eigenvalue weighted by atomic mass is 9.88. The van der Waals surface area contributed by atoms with E-state index in [9.17, 15) is 9.90 Å². The van der Waals surface area contributed by atoms with Crippen LogP contribution in [0.5, 0.6) is 0 Å². The highest BCUT2D eigenvalue weighted by atomic mass is 16.6. The van der Waals surface area contributed by atoms with E-state index in [1.807, 2.05) is 45.9 Å². The van der Waals surface area contributed by atoms with Crippen LogP contribution in [0.1, 0.15) is 37.5 Å². The molecule has 2 atom stereocenters. The van der Waals surface area contributed by atoms with Gasteiger partial charge in [0.15, 0.2) is 0 Å². The Kier molecular flexibility index (Phi) is 4.34. The summed E-state index contributed by atoms with van der Waals surface area (Å²) in [6, 6.07) is 6.08. The summed E-state index contributed by atoms with van der Waals surface area (Å²) < 4.78 is 5.35. The van der Waals surface area contributed by atoms with Crippen LogP contribution in [0.15, 0.2) is 30.9 Å². The van der Waals surface area contributed by atoms with Crippen molar-refractivity contribution < 1.29 is 14.6 Å². The minimum absolute atomic E-state index is 0.515. The number of aryl methyl sites for hydroxylation is 1. The second-order valence-electron chi connectivity index (χ2n) is 7.03. The first kappa shape index (κ1) is 16.6. The van der Waals surface area contributed by atoms with E-state index in [4.69, 9.17) is 4.74 Å². The smallest absolute Gasteiger partial charge is 0.408 e. The van der Waals surface area contributed by atoms with Gasteiger partial charge < -0.3 is 15.2 Å². The number of carbonyl (C=O) groups is 1. The molecule has 0 radical (unpaired) electrons. The Morgan fingerprint density at radius 3 is 2.68 bits per heavy atom. The van der Waals surface area contributed by atoms with Crippen LogP contribution in [-0.4, -0.2) is 28.4 Å². The molecule has 0 aliphatic heterocycles. The molecule has 2 N–H and O–H groups in total. The Morgan fingerprint density at radius 1 is 1.45 bits per heavy atom. The average Bonchev–Trinajstić information content (AvgIpc) is 2.76. The summed E-state index contributed by atoms with van der Waals surface area (Å²) in [4.78, 5) is 12.2. The van der Waals surface area contributed by atoms with Crippen molar-refractivity contribution in [3.8, 4) is 0 Å². The molecule has 4 nitrogen and oxygen atoms in total. The molecule has 0 fully saturated rings. The van der Waals surface area contributed by atoms with E-state index < -0.39 is 23.3 Å². The van der Waals surface area contributed by atoms with Crippen LogP contribution in [0.25, 0.3) is 0 Å². The molecule has 1 aliphatic rings. The molecule has 1 aliphatic carbocycles. The van der Waals surface area contributed by atoms with Crippen molar-refractivity contribution in [2.24, 2.45) is 0 Å². The lowest BCUT2D eigenvalue weighted by molar-refractivity contribution is 0.0328. The molecular weight excluding hydrogens is 278 g/mol. The summed E-state index contributed by atoms with van der Waals surface area (Å²) in [6.45, 7) is 11.2. The number of hydrogen-bond acceptors (Lipinski definition) is 3. The molecular formula is C18H25NO3. The second kappa shape index (κ2) is 5.76. The number of amides is 1. The van der Waals surface area contributed by atoms with E-state index in [1.54, 1.807) is 0 Å². The molecule has 0 bridgehead atoms. The quantitative estimate of drug-likeness (QED) is 0.844. The van der Waals surface area contributed by atoms with Gasteiger partial charge in [0.25, 0.3) is 0 Å². The number of nitrogens with one attached hydrogen (secondary N) is 1. The zero-order valence-corrected chi connectivity index (χ0v) is 13.8. The molecule has 0 spiro atoms. The third kappa shape index (κ3) is 3.33. The highest BCUT2D eigenvalue weighted by Gasteiger charge is 2.44. The fourth-order valence-electron chi connectivity index (χ4n) is 3.00. The largest absolute Gasteiger partial charge is 0.444 e. The van der Waals surface area contributed by atoms with E-state index in [2.05, 4.69) is 11.9 Å². The van der Waals surface area contributed by atoms with Crippen LogP contribution in [0.4, 0.5) is 4.79 Å². The minimum Gasteiger partial charge on any atom is -0.444 e. The molecule has 1 aromatic carbocycles. The first-order chi connectivity index (χ1) is 10.2. The summed E-state index contributed by atoms with van der Waals surface area (Å²) in [7, 11) is 0. The maximum atomic E-state index is 12.2. The van der Waals surface area contributed by atoms with Crippen LogP contribution in [-0.2, 0) is 17.6 Å². The summed E-state index contributed by atoms with van der Waals surface area (Å²) in [5.41, 5.74) is 2.13. The number of fused-ring (bicyclic) bond motifs is 1. The van der Waals surface area contributed by atoms with E-state index in [0.717, 1.165) is 5.56 Å². The fraction of sp³-hybridized carbons (Fsp3) is 0.500. The number of ether oxygens (including phenoxy) is 1. The van der Waals surface area contributed by atoms with Gasteiger partial charge >= 0.3 is 6.09 Å². The van der Waals surface area contributed by atoms with E-state index in [-0.39, 0.29) is 0 Å². The normalized spacial score (nSPS) is 21.9. The number of aliphatic hydroxyl groups is 1. The number of benzene rings is 1. The van der Waals surface area contributed by atoms with Gasteiger partial charge in [0.2, 0.25) is 0 Å². The van der Waals surface area contributed by atoms with Crippen molar-refractivity contribution in [1.29, 1.82) is 0 Å². The van der Waals surface area contributed by atoms with Crippen molar-refractivity contribution in [2.75, 3.05) is 0 Å². The highest BCUT2D eigenvalue weighted by molar-refractivity contribution is 5.70. The van der Waals surface area contributed by atoms with Gasteiger partial charge in [0.05, 0.1) is 11.6 Å². The van der Waals surface area contributed by atoms with Crippen molar-refractivity contribution in [3.63, 3.8) is 0 Å². The van der Waals surface area contributed by atoms with Gasteiger partial charge in [-0.1, -0.05) is 24.3 Å². The van der Waals surface area contributed by atoms with Crippen molar-refractivity contribution in [3.05, 3.63) is 47.5 Å². The maximum absolute atomic E-state index is 12.2. The third-order valence-corrected chi connectivity index (χ3v) is 4.04. The molecule has 1 amide bonds. The molecule has 0 heterocycles. The van der Waals surface area contributed by atoms with Crippen LogP contribution < -0.4 is 5.32 Å². The summed E-state index contributed by atoms with van der Waals surface area (Å²) >= 11 is 0. The number of rotatable bonds is 3. The first-order valence-electron chi connectivity index (χ1n) is 7.56. The molecule has 0 saturated carbocycles. The van der Waals surface area contributed by atoms with E-state index in [1.165, 1.54) is 17.2 Å². The third-order valence-electron chi connectivity index (χ3n) is 4.04. The molecule has 4 heteroatoms. The molecule has 0 saturated heterocycles. The molecule has 2 unspecified atom stereocenters. The minimum atomic E-state index is -0.841. The second-order valence-corrected chi connectivity index (χ2v) is 7.03. The number of carbonyl (C=O) groups excluding carboxylic acids is 1. The number of hydrogen-bond donors (Lipinski definition) is 2. The average molecular weight is 303 g/mol. The predicted octanol–water partition coefficient (Wildman–Crippen LogP) is 2.90. The Balaban J connectivity index is 2.27. The molecule has 120 valence electrons. The van der Waals surface area contributed by atoms with E-state index >= 15 is 0 Å². The fourth-order valence-corrected chi connectivity index (χ4v) is 3.00. The lowest BCUT2D eigenvalue weighted by Gasteiger charge is -2.34. The van der Waals surface area contributed by atoms with Gasteiger partial charge in [0.1, 0.15) is 5.60 Å². The van der Waals surface area contributed by atoms with Crippen LogP contribution in [0, 0.1) is 6.92 Å². The predicted molar refractivity (Wildman–Crippen MR) is 86.9 cm³/mol.